The van der Waals surface area contributed by atoms with E-state index < -0.39 is 0 Å². The number of carbonyl (C=O) groups is 1. The molecular formula is C14H18N4OS. The van der Waals surface area contributed by atoms with Gasteiger partial charge in [0.15, 0.2) is 0 Å². The number of aryl methyl sites for hydroxylation is 1. The lowest BCUT2D eigenvalue weighted by atomic mass is 10.2. The fraction of sp³-hybridized carbons (Fsp3) is 0.357. The number of anilines is 1. The zero-order chi connectivity index (χ0) is 14.4. The second-order valence-corrected chi connectivity index (χ2v) is 5.18. The van der Waals surface area contributed by atoms with Crippen molar-refractivity contribution in [3.05, 3.63) is 40.1 Å². The summed E-state index contributed by atoms with van der Waals surface area (Å²) in [7, 11) is 0. The van der Waals surface area contributed by atoms with E-state index in [1.54, 1.807) is 11.7 Å². The topological polar surface area (TPSA) is 66.9 Å². The van der Waals surface area contributed by atoms with E-state index in [4.69, 9.17) is 0 Å². The molecule has 1 amide bonds. The van der Waals surface area contributed by atoms with Crippen molar-refractivity contribution in [2.45, 2.75) is 26.8 Å². The number of aromatic nitrogens is 2. The Morgan fingerprint density at radius 3 is 2.95 bits per heavy atom. The second kappa shape index (κ2) is 7.00. The molecule has 2 aromatic rings. The van der Waals surface area contributed by atoms with Crippen LogP contribution in [0.1, 0.15) is 35.1 Å². The van der Waals surface area contributed by atoms with Crippen LogP contribution >= 0.6 is 11.3 Å². The van der Waals surface area contributed by atoms with Crippen molar-refractivity contribution >= 4 is 22.9 Å². The van der Waals surface area contributed by atoms with Gasteiger partial charge in [-0.2, -0.15) is 0 Å². The number of thiazole rings is 1. The van der Waals surface area contributed by atoms with Crippen LogP contribution in [-0.2, 0) is 6.54 Å². The first-order chi connectivity index (χ1) is 9.70. The lowest BCUT2D eigenvalue weighted by Crippen LogP contribution is -2.24. The molecule has 20 heavy (non-hydrogen) atoms. The number of rotatable bonds is 6. The van der Waals surface area contributed by atoms with E-state index in [1.807, 2.05) is 18.4 Å². The zero-order valence-electron chi connectivity index (χ0n) is 11.6. The van der Waals surface area contributed by atoms with Crippen molar-refractivity contribution in [1.29, 1.82) is 0 Å². The molecule has 0 fully saturated rings. The molecule has 0 unspecified atom stereocenters. The highest BCUT2D eigenvalue weighted by Crippen LogP contribution is 2.16. The highest BCUT2D eigenvalue weighted by Gasteiger charge is 2.12. The van der Waals surface area contributed by atoms with Crippen molar-refractivity contribution in [3.8, 4) is 0 Å². The first kappa shape index (κ1) is 14.5. The summed E-state index contributed by atoms with van der Waals surface area (Å²) >= 11 is 1.52. The minimum Gasteiger partial charge on any atom is -0.384 e. The van der Waals surface area contributed by atoms with Gasteiger partial charge in [-0.1, -0.05) is 6.92 Å². The maximum Gasteiger partial charge on any atom is 0.255 e. The second-order valence-electron chi connectivity index (χ2n) is 4.46. The first-order valence-corrected chi connectivity index (χ1v) is 7.50. The maximum atomic E-state index is 12.2. The molecule has 0 saturated carbocycles. The van der Waals surface area contributed by atoms with Gasteiger partial charge >= 0.3 is 0 Å². The Labute approximate surface area is 122 Å². The third-order valence-corrected chi connectivity index (χ3v) is 3.40. The minimum atomic E-state index is -0.135. The molecule has 0 atom stereocenters. The fourth-order valence-corrected chi connectivity index (χ4v) is 2.30. The van der Waals surface area contributed by atoms with Crippen LogP contribution < -0.4 is 10.6 Å². The lowest BCUT2D eigenvalue weighted by molar-refractivity contribution is 0.0951. The van der Waals surface area contributed by atoms with E-state index in [1.165, 1.54) is 11.3 Å². The fourth-order valence-electron chi connectivity index (χ4n) is 1.74. The van der Waals surface area contributed by atoms with Crippen LogP contribution in [-0.4, -0.2) is 22.4 Å². The molecule has 0 aliphatic carbocycles. The predicted molar refractivity (Wildman–Crippen MR) is 81.0 cm³/mol. The summed E-state index contributed by atoms with van der Waals surface area (Å²) in [6.07, 6.45) is 2.62. The highest BCUT2D eigenvalue weighted by atomic mass is 32.1. The quantitative estimate of drug-likeness (QED) is 0.858. The lowest BCUT2D eigenvalue weighted by Gasteiger charge is -2.11. The van der Waals surface area contributed by atoms with Gasteiger partial charge in [-0.05, 0) is 19.4 Å². The molecule has 0 spiro atoms. The van der Waals surface area contributed by atoms with Gasteiger partial charge in [0.2, 0.25) is 0 Å². The van der Waals surface area contributed by atoms with Crippen LogP contribution in [0.2, 0.25) is 0 Å². The van der Waals surface area contributed by atoms with Crippen LogP contribution in [0, 0.1) is 6.92 Å². The number of nitrogens with one attached hydrogen (secondary N) is 2. The molecule has 0 aliphatic rings. The van der Waals surface area contributed by atoms with Gasteiger partial charge in [-0.25, -0.2) is 4.98 Å². The number of hydrogen-bond acceptors (Lipinski definition) is 5. The first-order valence-electron chi connectivity index (χ1n) is 6.56. The van der Waals surface area contributed by atoms with Gasteiger partial charge in [0.25, 0.3) is 5.91 Å². The molecule has 0 radical (unpaired) electrons. The van der Waals surface area contributed by atoms with E-state index in [0.717, 1.165) is 30.0 Å². The molecule has 106 valence electrons. The summed E-state index contributed by atoms with van der Waals surface area (Å²) in [5.41, 5.74) is 4.91. The average Bonchev–Trinajstić information content (AvgIpc) is 2.96. The SMILES string of the molecule is CCCNc1cc(C)ncc1C(=O)NCc1cscn1. The largest absolute Gasteiger partial charge is 0.384 e. The molecule has 6 heteroatoms. The van der Waals surface area contributed by atoms with Gasteiger partial charge in [0.1, 0.15) is 0 Å². The smallest absolute Gasteiger partial charge is 0.255 e. The van der Waals surface area contributed by atoms with Gasteiger partial charge < -0.3 is 10.6 Å². The average molecular weight is 290 g/mol. The van der Waals surface area contributed by atoms with Crippen molar-refractivity contribution in [1.82, 2.24) is 15.3 Å². The Hall–Kier alpha value is -1.95. The molecule has 2 aromatic heterocycles. The number of pyridine rings is 1. The van der Waals surface area contributed by atoms with Crippen LogP contribution in [0.15, 0.2) is 23.2 Å². The van der Waals surface area contributed by atoms with Crippen molar-refractivity contribution < 1.29 is 4.79 Å². The maximum absolute atomic E-state index is 12.2. The van der Waals surface area contributed by atoms with E-state index in [-0.39, 0.29) is 5.91 Å². The van der Waals surface area contributed by atoms with Crippen LogP contribution in [0.5, 0.6) is 0 Å². The number of nitrogens with zero attached hydrogens (tertiary/aromatic N) is 2. The number of hydrogen-bond donors (Lipinski definition) is 2. The number of carbonyl (C=O) groups excluding carboxylic acids is 1. The van der Waals surface area contributed by atoms with Gasteiger partial charge in [0.05, 0.1) is 29.0 Å². The summed E-state index contributed by atoms with van der Waals surface area (Å²) in [6.45, 7) is 5.26. The zero-order valence-corrected chi connectivity index (χ0v) is 12.5. The molecule has 2 rings (SSSR count). The van der Waals surface area contributed by atoms with Crippen LogP contribution in [0.25, 0.3) is 0 Å². The van der Waals surface area contributed by atoms with E-state index >= 15 is 0 Å². The van der Waals surface area contributed by atoms with Gasteiger partial charge in [-0.3, -0.25) is 9.78 Å². The van der Waals surface area contributed by atoms with Gasteiger partial charge in [0, 0.05) is 23.8 Å². The standard InChI is InChI=1S/C14H18N4OS/c1-3-4-15-13-5-10(2)16-7-12(13)14(19)17-6-11-8-20-9-18-11/h5,7-9H,3-4,6H2,1-2H3,(H,15,16)(H,17,19). The summed E-state index contributed by atoms with van der Waals surface area (Å²) < 4.78 is 0. The minimum absolute atomic E-state index is 0.135. The molecule has 0 aromatic carbocycles. The molecule has 2 heterocycles. The Bertz CT molecular complexity index is 569. The number of amides is 1. The molecule has 0 bridgehead atoms. The van der Waals surface area contributed by atoms with Crippen LogP contribution in [0.4, 0.5) is 5.69 Å². The molecule has 0 saturated heterocycles. The Kier molecular flexibility index (Phi) is 5.06. The van der Waals surface area contributed by atoms with Crippen molar-refractivity contribution in [2.75, 3.05) is 11.9 Å². The molecule has 2 N–H and O–H groups in total. The van der Waals surface area contributed by atoms with E-state index in [2.05, 4.69) is 27.5 Å². The van der Waals surface area contributed by atoms with Crippen molar-refractivity contribution in [3.63, 3.8) is 0 Å². The Balaban J connectivity index is 2.07. The monoisotopic (exact) mass is 290 g/mol. The van der Waals surface area contributed by atoms with Crippen molar-refractivity contribution in [2.24, 2.45) is 0 Å². The summed E-state index contributed by atoms with van der Waals surface area (Å²) in [4.78, 5) is 20.6. The normalized spacial score (nSPS) is 10.3. The molecular weight excluding hydrogens is 272 g/mol. The van der Waals surface area contributed by atoms with Gasteiger partial charge in [-0.15, -0.1) is 11.3 Å². The van der Waals surface area contributed by atoms with E-state index in [0.29, 0.717) is 12.1 Å². The third-order valence-electron chi connectivity index (χ3n) is 2.76. The Morgan fingerprint density at radius 2 is 2.25 bits per heavy atom. The molecule has 5 nitrogen and oxygen atoms in total. The highest BCUT2D eigenvalue weighted by molar-refractivity contribution is 7.07. The third kappa shape index (κ3) is 3.77. The summed E-state index contributed by atoms with van der Waals surface area (Å²) in [6, 6.07) is 1.90. The predicted octanol–water partition coefficient (Wildman–Crippen LogP) is 2.60. The Morgan fingerprint density at radius 1 is 1.40 bits per heavy atom. The van der Waals surface area contributed by atoms with Crippen LogP contribution in [0.3, 0.4) is 0 Å². The van der Waals surface area contributed by atoms with E-state index in [9.17, 15) is 4.79 Å². The summed E-state index contributed by atoms with van der Waals surface area (Å²) in [5, 5.41) is 8.05. The molecule has 0 aliphatic heterocycles. The summed E-state index contributed by atoms with van der Waals surface area (Å²) in [5.74, 6) is -0.135.